The van der Waals surface area contributed by atoms with Crippen LogP contribution in [0.5, 0.6) is 0 Å². The van der Waals surface area contributed by atoms with E-state index in [1.165, 1.54) is 4.90 Å². The van der Waals surface area contributed by atoms with Gasteiger partial charge in [-0.15, -0.1) is 0 Å². The van der Waals surface area contributed by atoms with Gasteiger partial charge in [-0.25, -0.2) is 4.79 Å². The summed E-state index contributed by atoms with van der Waals surface area (Å²) in [6.07, 6.45) is -1.66. The topological polar surface area (TPSA) is 44.8 Å². The summed E-state index contributed by atoms with van der Waals surface area (Å²) in [6, 6.07) is -0.290. The summed E-state index contributed by atoms with van der Waals surface area (Å²) >= 11 is 0. The maximum absolute atomic E-state index is 12.4. The lowest BCUT2D eigenvalue weighted by Crippen LogP contribution is -2.49. The molecule has 2 saturated heterocycles. The van der Waals surface area contributed by atoms with Gasteiger partial charge in [0, 0.05) is 32.8 Å². The van der Waals surface area contributed by atoms with Gasteiger partial charge in [-0.2, -0.15) is 13.2 Å². The molecule has 128 valence electrons. The Hall–Kier alpha value is -1.02. The molecule has 8 heteroatoms. The molecule has 0 spiro atoms. The first-order valence-electron chi connectivity index (χ1n) is 7.81. The summed E-state index contributed by atoms with van der Waals surface area (Å²) in [5.74, 6) is 0. The van der Waals surface area contributed by atoms with Crippen LogP contribution in [0, 0.1) is 0 Å². The molecule has 0 aromatic carbocycles. The van der Waals surface area contributed by atoms with Crippen LogP contribution >= 0.6 is 0 Å². The molecule has 2 heterocycles. The Morgan fingerprint density at radius 2 is 2.05 bits per heavy atom. The average molecular weight is 323 g/mol. The molecule has 0 saturated carbocycles. The standard InChI is InChI=1S/C14H24F3N3O2/c1-11(12-4-2-9-22-12)18-13(21)20-6-3-5-19(7-8-20)10-14(15,16)17/h11-12H,2-10H2,1H3,(H,18,21). The highest BCUT2D eigenvalue weighted by molar-refractivity contribution is 5.74. The van der Waals surface area contributed by atoms with Crippen molar-refractivity contribution < 1.29 is 22.7 Å². The quantitative estimate of drug-likeness (QED) is 0.862. The normalized spacial score (nSPS) is 25.8. The molecule has 0 aliphatic carbocycles. The van der Waals surface area contributed by atoms with Crippen molar-refractivity contribution in [3.63, 3.8) is 0 Å². The maximum atomic E-state index is 12.4. The third-order valence-corrected chi connectivity index (χ3v) is 4.15. The molecule has 0 bridgehead atoms. The van der Waals surface area contributed by atoms with Gasteiger partial charge in [-0.1, -0.05) is 0 Å². The number of alkyl halides is 3. The number of halogens is 3. The van der Waals surface area contributed by atoms with Gasteiger partial charge in [-0.3, -0.25) is 4.90 Å². The summed E-state index contributed by atoms with van der Waals surface area (Å²) in [5.41, 5.74) is 0. The number of carbonyl (C=O) groups excluding carboxylic acids is 1. The minimum atomic E-state index is -4.19. The first-order chi connectivity index (χ1) is 10.3. The zero-order valence-corrected chi connectivity index (χ0v) is 12.9. The molecular weight excluding hydrogens is 299 g/mol. The van der Waals surface area contributed by atoms with Crippen LogP contribution in [-0.4, -0.2) is 73.5 Å². The predicted molar refractivity (Wildman–Crippen MR) is 75.7 cm³/mol. The number of urea groups is 1. The van der Waals surface area contributed by atoms with Crippen molar-refractivity contribution in [2.75, 3.05) is 39.3 Å². The zero-order valence-electron chi connectivity index (χ0n) is 12.9. The Morgan fingerprint density at radius 3 is 2.68 bits per heavy atom. The number of nitrogens with zero attached hydrogens (tertiary/aromatic N) is 2. The predicted octanol–water partition coefficient (Wildman–Crippen LogP) is 1.83. The van der Waals surface area contributed by atoms with E-state index in [0.717, 1.165) is 19.4 Å². The number of hydrogen-bond acceptors (Lipinski definition) is 3. The number of hydrogen-bond donors (Lipinski definition) is 1. The Bertz CT molecular complexity index is 373. The van der Waals surface area contributed by atoms with Crippen LogP contribution in [0.4, 0.5) is 18.0 Å². The van der Waals surface area contributed by atoms with E-state index in [-0.39, 0.29) is 24.7 Å². The van der Waals surface area contributed by atoms with Crippen LogP contribution in [0.15, 0.2) is 0 Å². The van der Waals surface area contributed by atoms with Crippen molar-refractivity contribution in [1.82, 2.24) is 15.1 Å². The van der Waals surface area contributed by atoms with Crippen LogP contribution in [0.1, 0.15) is 26.2 Å². The second-order valence-electron chi connectivity index (χ2n) is 6.02. The highest BCUT2D eigenvalue weighted by Crippen LogP contribution is 2.18. The third-order valence-electron chi connectivity index (χ3n) is 4.15. The van der Waals surface area contributed by atoms with Crippen LogP contribution in [0.3, 0.4) is 0 Å². The van der Waals surface area contributed by atoms with Crippen molar-refractivity contribution in [3.05, 3.63) is 0 Å². The summed E-state index contributed by atoms with van der Waals surface area (Å²) < 4.78 is 42.8. The number of amides is 2. The molecule has 2 atom stereocenters. The molecule has 2 rings (SSSR count). The Morgan fingerprint density at radius 1 is 1.27 bits per heavy atom. The monoisotopic (exact) mass is 323 g/mol. The molecule has 2 aliphatic rings. The van der Waals surface area contributed by atoms with Gasteiger partial charge in [0.1, 0.15) is 0 Å². The van der Waals surface area contributed by atoms with Gasteiger partial charge >= 0.3 is 12.2 Å². The highest BCUT2D eigenvalue weighted by Gasteiger charge is 2.32. The van der Waals surface area contributed by atoms with Gasteiger partial charge in [0.15, 0.2) is 0 Å². The smallest absolute Gasteiger partial charge is 0.376 e. The molecule has 0 radical (unpaired) electrons. The van der Waals surface area contributed by atoms with Crippen molar-refractivity contribution >= 4 is 6.03 Å². The molecule has 2 aliphatic heterocycles. The van der Waals surface area contributed by atoms with Crippen LogP contribution in [-0.2, 0) is 4.74 Å². The van der Waals surface area contributed by atoms with Crippen LogP contribution in [0.25, 0.3) is 0 Å². The number of carbonyl (C=O) groups is 1. The second-order valence-corrected chi connectivity index (χ2v) is 6.02. The number of rotatable bonds is 3. The molecule has 0 aromatic rings. The fourth-order valence-corrected chi connectivity index (χ4v) is 2.96. The lowest BCUT2D eigenvalue weighted by Gasteiger charge is -2.26. The van der Waals surface area contributed by atoms with E-state index in [1.54, 1.807) is 4.90 Å². The van der Waals surface area contributed by atoms with E-state index in [0.29, 0.717) is 26.1 Å². The maximum Gasteiger partial charge on any atom is 0.401 e. The molecule has 2 amide bonds. The minimum absolute atomic E-state index is 0.0395. The van der Waals surface area contributed by atoms with E-state index in [2.05, 4.69) is 5.32 Å². The van der Waals surface area contributed by atoms with Gasteiger partial charge in [0.2, 0.25) is 0 Å². The van der Waals surface area contributed by atoms with E-state index < -0.39 is 12.7 Å². The first-order valence-corrected chi connectivity index (χ1v) is 7.81. The van der Waals surface area contributed by atoms with Crippen LogP contribution < -0.4 is 5.32 Å². The van der Waals surface area contributed by atoms with Gasteiger partial charge in [0.25, 0.3) is 0 Å². The van der Waals surface area contributed by atoms with Crippen LogP contribution in [0.2, 0.25) is 0 Å². The summed E-state index contributed by atoms with van der Waals surface area (Å²) in [5, 5.41) is 2.90. The van der Waals surface area contributed by atoms with E-state index in [1.807, 2.05) is 6.92 Å². The molecule has 0 aromatic heterocycles. The van der Waals surface area contributed by atoms with Crippen molar-refractivity contribution in [3.8, 4) is 0 Å². The van der Waals surface area contributed by atoms with Crippen molar-refractivity contribution in [2.24, 2.45) is 0 Å². The molecular formula is C14H24F3N3O2. The molecule has 5 nitrogen and oxygen atoms in total. The summed E-state index contributed by atoms with van der Waals surface area (Å²) in [7, 11) is 0. The largest absolute Gasteiger partial charge is 0.401 e. The SMILES string of the molecule is CC(NC(=O)N1CCCN(CC(F)(F)F)CC1)C1CCCO1. The Labute approximate surface area is 128 Å². The van der Waals surface area contributed by atoms with E-state index in [4.69, 9.17) is 4.74 Å². The number of ether oxygens (including phenoxy) is 1. The minimum Gasteiger partial charge on any atom is -0.376 e. The van der Waals surface area contributed by atoms with Gasteiger partial charge in [0.05, 0.1) is 18.7 Å². The summed E-state index contributed by atoms with van der Waals surface area (Å²) in [6.45, 7) is 3.14. The van der Waals surface area contributed by atoms with E-state index in [9.17, 15) is 18.0 Å². The second kappa shape index (κ2) is 7.50. The fraction of sp³-hybridized carbons (Fsp3) is 0.929. The zero-order chi connectivity index (χ0) is 16.2. The molecule has 2 unspecified atom stereocenters. The lowest BCUT2D eigenvalue weighted by molar-refractivity contribution is -0.145. The van der Waals surface area contributed by atoms with Crippen molar-refractivity contribution in [2.45, 2.75) is 44.5 Å². The van der Waals surface area contributed by atoms with Gasteiger partial charge in [-0.05, 0) is 26.2 Å². The highest BCUT2D eigenvalue weighted by atomic mass is 19.4. The average Bonchev–Trinajstić information content (AvgIpc) is 2.85. The lowest BCUT2D eigenvalue weighted by atomic mass is 10.1. The van der Waals surface area contributed by atoms with Crippen molar-refractivity contribution in [1.29, 1.82) is 0 Å². The Balaban J connectivity index is 1.78. The van der Waals surface area contributed by atoms with E-state index >= 15 is 0 Å². The Kier molecular flexibility index (Phi) is 5.91. The fourth-order valence-electron chi connectivity index (χ4n) is 2.96. The number of nitrogens with one attached hydrogen (secondary N) is 1. The third kappa shape index (κ3) is 5.31. The van der Waals surface area contributed by atoms with Gasteiger partial charge < -0.3 is 15.0 Å². The summed E-state index contributed by atoms with van der Waals surface area (Å²) in [4.78, 5) is 15.2. The molecule has 1 N–H and O–H groups in total. The molecule has 22 heavy (non-hydrogen) atoms. The first kappa shape index (κ1) is 17.3. The molecule has 2 fully saturated rings.